The van der Waals surface area contributed by atoms with Gasteiger partial charge >= 0.3 is 0 Å². The van der Waals surface area contributed by atoms with E-state index in [0.717, 1.165) is 16.6 Å². The highest BCUT2D eigenvalue weighted by molar-refractivity contribution is 5.73. The van der Waals surface area contributed by atoms with E-state index in [0.29, 0.717) is 30.3 Å². The van der Waals surface area contributed by atoms with Gasteiger partial charge in [-0.3, -0.25) is 4.98 Å². The summed E-state index contributed by atoms with van der Waals surface area (Å²) in [7, 11) is 0. The number of hydrogen-bond acceptors (Lipinski definition) is 7. The second kappa shape index (κ2) is 5.06. The standard InChI is InChI=1S/C15H14N4O3/c20-14(18-21)10-3-1-2-9-7-19(8-11(9)10)15-17-12-4-5-16-6-13(12)22-15/h1-6,14,18,20-21H,7-8H2. The Hall–Kier alpha value is -2.48. The Bertz CT molecular complexity index is 800. The van der Waals surface area contributed by atoms with Crippen molar-refractivity contribution in [2.24, 2.45) is 0 Å². The summed E-state index contributed by atoms with van der Waals surface area (Å²) in [5.41, 5.74) is 5.98. The highest BCUT2D eigenvalue weighted by Gasteiger charge is 2.26. The zero-order valence-electron chi connectivity index (χ0n) is 11.6. The Morgan fingerprint density at radius 3 is 3.00 bits per heavy atom. The van der Waals surface area contributed by atoms with Gasteiger partial charge in [0, 0.05) is 24.8 Å². The molecule has 0 radical (unpaired) electrons. The third-order valence-corrected chi connectivity index (χ3v) is 3.89. The maximum absolute atomic E-state index is 9.84. The van der Waals surface area contributed by atoms with Crippen LogP contribution >= 0.6 is 0 Å². The largest absolute Gasteiger partial charge is 0.422 e. The van der Waals surface area contributed by atoms with Crippen LogP contribution in [0.25, 0.3) is 11.1 Å². The fraction of sp³-hybridized carbons (Fsp3) is 0.200. The number of rotatable bonds is 3. The van der Waals surface area contributed by atoms with Gasteiger partial charge in [-0.25, -0.2) is 0 Å². The molecular formula is C15H14N4O3. The fourth-order valence-electron chi connectivity index (χ4n) is 2.81. The topological polar surface area (TPSA) is 94.7 Å². The minimum absolute atomic E-state index is 0.525. The molecule has 0 saturated heterocycles. The number of nitrogens with zero attached hydrogens (tertiary/aromatic N) is 3. The van der Waals surface area contributed by atoms with Gasteiger partial charge < -0.3 is 19.6 Å². The van der Waals surface area contributed by atoms with Crippen molar-refractivity contribution in [2.45, 2.75) is 19.3 Å². The van der Waals surface area contributed by atoms with E-state index in [1.54, 1.807) is 24.5 Å². The average molecular weight is 298 g/mol. The molecule has 1 aromatic carbocycles. The fourth-order valence-corrected chi connectivity index (χ4v) is 2.81. The molecule has 2 aromatic heterocycles. The molecule has 1 aliphatic rings. The molecule has 7 heteroatoms. The second-order valence-corrected chi connectivity index (χ2v) is 5.21. The number of benzene rings is 1. The number of aliphatic hydroxyl groups excluding tert-OH is 1. The normalized spacial score (nSPS) is 15.3. The van der Waals surface area contributed by atoms with Crippen LogP contribution in [0.1, 0.15) is 22.9 Å². The Kier molecular flexibility index (Phi) is 3.04. The van der Waals surface area contributed by atoms with E-state index in [1.165, 1.54) is 0 Å². The van der Waals surface area contributed by atoms with Gasteiger partial charge in [0.1, 0.15) is 5.52 Å². The number of hydrogen-bond donors (Lipinski definition) is 3. The minimum Gasteiger partial charge on any atom is -0.422 e. The molecule has 1 atom stereocenters. The van der Waals surface area contributed by atoms with Gasteiger partial charge in [0.05, 0.1) is 6.20 Å². The quantitative estimate of drug-likeness (QED) is 0.500. The first-order valence-electron chi connectivity index (χ1n) is 6.90. The predicted molar refractivity (Wildman–Crippen MR) is 78.0 cm³/mol. The van der Waals surface area contributed by atoms with Crippen molar-refractivity contribution < 1.29 is 14.7 Å². The molecular weight excluding hydrogens is 284 g/mol. The summed E-state index contributed by atoms with van der Waals surface area (Å²) < 4.78 is 5.73. The second-order valence-electron chi connectivity index (χ2n) is 5.21. The van der Waals surface area contributed by atoms with Crippen LogP contribution in [0.4, 0.5) is 6.01 Å². The highest BCUT2D eigenvalue weighted by atomic mass is 16.5. The third kappa shape index (κ3) is 2.03. The smallest absolute Gasteiger partial charge is 0.299 e. The van der Waals surface area contributed by atoms with Crippen LogP contribution in [0.3, 0.4) is 0 Å². The van der Waals surface area contributed by atoms with Crippen LogP contribution in [-0.4, -0.2) is 20.3 Å². The Balaban J connectivity index is 1.69. The van der Waals surface area contributed by atoms with Gasteiger partial charge in [0.2, 0.25) is 0 Å². The number of hydroxylamine groups is 1. The number of aromatic nitrogens is 2. The molecule has 3 heterocycles. The summed E-state index contributed by atoms with van der Waals surface area (Å²) in [6, 6.07) is 7.96. The molecule has 3 N–H and O–H groups in total. The van der Waals surface area contributed by atoms with Crippen LogP contribution in [0.2, 0.25) is 0 Å². The highest BCUT2D eigenvalue weighted by Crippen LogP contribution is 2.33. The lowest BCUT2D eigenvalue weighted by molar-refractivity contribution is 0.000232. The van der Waals surface area contributed by atoms with Gasteiger partial charge in [-0.1, -0.05) is 18.2 Å². The van der Waals surface area contributed by atoms with Crippen LogP contribution in [0, 0.1) is 0 Å². The van der Waals surface area contributed by atoms with Crippen LogP contribution in [0.5, 0.6) is 0 Å². The summed E-state index contributed by atoms with van der Waals surface area (Å²) in [6.45, 7) is 1.20. The van der Waals surface area contributed by atoms with E-state index in [2.05, 4.69) is 9.97 Å². The van der Waals surface area contributed by atoms with E-state index >= 15 is 0 Å². The SMILES string of the molecule is ONC(O)c1cccc2c1CN(c1nc3ccncc3o1)C2. The van der Waals surface area contributed by atoms with Crippen molar-refractivity contribution in [2.75, 3.05) is 4.90 Å². The van der Waals surface area contributed by atoms with Gasteiger partial charge in [-0.15, -0.1) is 0 Å². The number of anilines is 1. The lowest BCUT2D eigenvalue weighted by atomic mass is 10.0. The molecule has 0 saturated carbocycles. The molecule has 0 bridgehead atoms. The number of pyridine rings is 1. The first kappa shape index (κ1) is 13.2. The monoisotopic (exact) mass is 298 g/mol. The third-order valence-electron chi connectivity index (χ3n) is 3.89. The molecule has 0 amide bonds. The maximum atomic E-state index is 9.84. The van der Waals surface area contributed by atoms with Crippen molar-refractivity contribution >= 4 is 17.1 Å². The van der Waals surface area contributed by atoms with Crippen molar-refractivity contribution in [3.05, 3.63) is 53.3 Å². The zero-order chi connectivity index (χ0) is 15.1. The van der Waals surface area contributed by atoms with E-state index in [9.17, 15) is 5.11 Å². The van der Waals surface area contributed by atoms with E-state index in [4.69, 9.17) is 9.62 Å². The van der Waals surface area contributed by atoms with E-state index < -0.39 is 6.23 Å². The molecule has 0 fully saturated rings. The Morgan fingerprint density at radius 1 is 1.27 bits per heavy atom. The first-order chi connectivity index (χ1) is 10.8. The lowest BCUT2D eigenvalue weighted by Crippen LogP contribution is -2.19. The number of oxazole rings is 1. The summed E-state index contributed by atoms with van der Waals surface area (Å²) >= 11 is 0. The van der Waals surface area contributed by atoms with Crippen molar-refractivity contribution in [3.8, 4) is 0 Å². The zero-order valence-corrected chi connectivity index (χ0v) is 11.6. The van der Waals surface area contributed by atoms with Crippen LogP contribution in [-0.2, 0) is 13.1 Å². The van der Waals surface area contributed by atoms with E-state index in [1.807, 2.05) is 22.5 Å². The summed E-state index contributed by atoms with van der Waals surface area (Å²) in [5.74, 6) is 0. The molecule has 0 aliphatic carbocycles. The number of fused-ring (bicyclic) bond motifs is 2. The van der Waals surface area contributed by atoms with Gasteiger partial charge in [-0.05, 0) is 17.2 Å². The Morgan fingerprint density at radius 2 is 2.18 bits per heavy atom. The minimum atomic E-state index is -1.11. The molecule has 1 unspecified atom stereocenters. The van der Waals surface area contributed by atoms with E-state index in [-0.39, 0.29) is 0 Å². The molecule has 0 spiro atoms. The summed E-state index contributed by atoms with van der Waals surface area (Å²) in [6.07, 6.45) is 2.21. The number of aliphatic hydroxyl groups is 1. The predicted octanol–water partition coefficient (Wildman–Crippen LogP) is 1.71. The molecule has 4 rings (SSSR count). The van der Waals surface area contributed by atoms with Gasteiger partial charge in [0.15, 0.2) is 11.8 Å². The van der Waals surface area contributed by atoms with Crippen LogP contribution in [0.15, 0.2) is 41.1 Å². The van der Waals surface area contributed by atoms with Crippen molar-refractivity contribution in [3.63, 3.8) is 0 Å². The van der Waals surface area contributed by atoms with Crippen LogP contribution < -0.4 is 10.4 Å². The molecule has 3 aromatic rings. The Labute approximate surface area is 125 Å². The maximum Gasteiger partial charge on any atom is 0.299 e. The van der Waals surface area contributed by atoms with Gasteiger partial charge in [-0.2, -0.15) is 10.5 Å². The molecule has 7 nitrogen and oxygen atoms in total. The summed E-state index contributed by atoms with van der Waals surface area (Å²) in [4.78, 5) is 10.5. The lowest BCUT2D eigenvalue weighted by Gasteiger charge is -2.14. The summed E-state index contributed by atoms with van der Waals surface area (Å²) in [5, 5.41) is 18.8. The van der Waals surface area contributed by atoms with Crippen molar-refractivity contribution in [1.29, 1.82) is 0 Å². The van der Waals surface area contributed by atoms with Crippen molar-refractivity contribution in [1.82, 2.24) is 15.4 Å². The first-order valence-corrected chi connectivity index (χ1v) is 6.90. The van der Waals surface area contributed by atoms with Gasteiger partial charge in [0.25, 0.3) is 6.01 Å². The molecule has 22 heavy (non-hydrogen) atoms. The number of nitrogens with one attached hydrogen (secondary N) is 1. The average Bonchev–Trinajstić information content (AvgIpc) is 3.16. The molecule has 112 valence electrons. The molecule has 1 aliphatic heterocycles.